The quantitative estimate of drug-likeness (QED) is 0.583. The van der Waals surface area contributed by atoms with Gasteiger partial charge >= 0.3 is 0 Å². The maximum absolute atomic E-state index is 12.3. The van der Waals surface area contributed by atoms with Gasteiger partial charge in [0.15, 0.2) is 5.13 Å². The number of ether oxygens (including phenoxy) is 3. The Morgan fingerprint density at radius 2 is 1.74 bits per heavy atom. The number of aromatic nitrogens is 1. The highest BCUT2D eigenvalue weighted by atomic mass is 32.2. The van der Waals surface area contributed by atoms with E-state index in [0.717, 1.165) is 16.0 Å². The number of fused-ring (bicyclic) bond motifs is 1. The SMILES string of the molecule is CCOc1ccc2nc(NS(=O)(=O)CCOc3ccc(OC)cc3)sc2c1. The molecule has 0 amide bonds. The van der Waals surface area contributed by atoms with Gasteiger partial charge in [-0.25, -0.2) is 13.4 Å². The molecule has 7 nitrogen and oxygen atoms in total. The third kappa shape index (κ3) is 5.24. The van der Waals surface area contributed by atoms with Gasteiger partial charge in [-0.15, -0.1) is 0 Å². The fourth-order valence-electron chi connectivity index (χ4n) is 2.33. The van der Waals surface area contributed by atoms with E-state index in [1.165, 1.54) is 11.3 Å². The number of benzene rings is 2. The van der Waals surface area contributed by atoms with Crippen molar-refractivity contribution in [1.82, 2.24) is 4.98 Å². The normalized spacial score (nSPS) is 11.3. The maximum atomic E-state index is 12.3. The van der Waals surface area contributed by atoms with Gasteiger partial charge in [0, 0.05) is 0 Å². The average molecular weight is 409 g/mol. The zero-order valence-corrected chi connectivity index (χ0v) is 16.6. The van der Waals surface area contributed by atoms with Crippen LogP contribution in [0.25, 0.3) is 10.2 Å². The summed E-state index contributed by atoms with van der Waals surface area (Å²) in [5.41, 5.74) is 0.718. The number of thiazole rings is 1. The lowest BCUT2D eigenvalue weighted by molar-refractivity contribution is 0.339. The van der Waals surface area contributed by atoms with Crippen LogP contribution in [-0.4, -0.2) is 39.5 Å². The molecule has 1 N–H and O–H groups in total. The molecular weight excluding hydrogens is 388 g/mol. The van der Waals surface area contributed by atoms with Crippen molar-refractivity contribution in [1.29, 1.82) is 0 Å². The summed E-state index contributed by atoms with van der Waals surface area (Å²) in [7, 11) is -1.99. The molecule has 27 heavy (non-hydrogen) atoms. The number of hydrogen-bond donors (Lipinski definition) is 1. The van der Waals surface area contributed by atoms with E-state index in [0.29, 0.717) is 23.2 Å². The van der Waals surface area contributed by atoms with Crippen LogP contribution in [0.5, 0.6) is 17.2 Å². The molecule has 0 aliphatic heterocycles. The molecule has 1 heterocycles. The van der Waals surface area contributed by atoms with Crippen LogP contribution < -0.4 is 18.9 Å². The van der Waals surface area contributed by atoms with E-state index < -0.39 is 10.0 Å². The lowest BCUT2D eigenvalue weighted by atomic mass is 10.3. The lowest BCUT2D eigenvalue weighted by Gasteiger charge is -2.08. The molecule has 3 rings (SSSR count). The largest absolute Gasteiger partial charge is 0.497 e. The van der Waals surface area contributed by atoms with E-state index in [4.69, 9.17) is 14.2 Å². The van der Waals surface area contributed by atoms with Gasteiger partial charge < -0.3 is 14.2 Å². The zero-order valence-electron chi connectivity index (χ0n) is 15.0. The summed E-state index contributed by atoms with van der Waals surface area (Å²) >= 11 is 1.26. The Bertz CT molecular complexity index is 1000. The second kappa shape index (κ2) is 8.45. The summed E-state index contributed by atoms with van der Waals surface area (Å²) in [5.74, 6) is 1.84. The fraction of sp³-hybridized carbons (Fsp3) is 0.278. The van der Waals surface area contributed by atoms with Gasteiger partial charge in [-0.1, -0.05) is 11.3 Å². The molecule has 0 bridgehead atoms. The number of nitrogens with one attached hydrogen (secondary N) is 1. The molecule has 9 heteroatoms. The Kier molecular flexibility index (Phi) is 6.02. The van der Waals surface area contributed by atoms with Crippen molar-refractivity contribution < 1.29 is 22.6 Å². The Balaban J connectivity index is 1.59. The topological polar surface area (TPSA) is 86.8 Å². The highest BCUT2D eigenvalue weighted by Crippen LogP contribution is 2.29. The number of nitrogens with zero attached hydrogens (tertiary/aromatic N) is 1. The fourth-order valence-corrected chi connectivity index (χ4v) is 4.34. The smallest absolute Gasteiger partial charge is 0.237 e. The highest BCUT2D eigenvalue weighted by molar-refractivity contribution is 7.92. The van der Waals surface area contributed by atoms with Gasteiger partial charge in [0.05, 0.1) is 23.9 Å². The monoisotopic (exact) mass is 408 g/mol. The molecule has 0 saturated carbocycles. The third-order valence-corrected chi connectivity index (χ3v) is 5.87. The molecule has 0 unspecified atom stereocenters. The van der Waals surface area contributed by atoms with E-state index in [1.54, 1.807) is 37.4 Å². The van der Waals surface area contributed by atoms with Gasteiger partial charge in [-0.3, -0.25) is 4.72 Å². The van der Waals surface area contributed by atoms with Gasteiger partial charge in [-0.2, -0.15) is 0 Å². The van der Waals surface area contributed by atoms with Crippen LogP contribution in [-0.2, 0) is 10.0 Å². The maximum Gasteiger partial charge on any atom is 0.237 e. The summed E-state index contributed by atoms with van der Waals surface area (Å²) in [4.78, 5) is 4.30. The molecule has 144 valence electrons. The van der Waals surface area contributed by atoms with Crippen molar-refractivity contribution in [3.63, 3.8) is 0 Å². The molecule has 0 fully saturated rings. The standard InChI is InChI=1S/C18H20N2O5S2/c1-3-24-15-8-9-16-17(12-15)26-18(19-16)20-27(21,22)11-10-25-14-6-4-13(23-2)5-7-14/h4-9,12H,3,10-11H2,1-2H3,(H,19,20). The Labute approximate surface area is 162 Å². The van der Waals surface area contributed by atoms with Crippen LogP contribution in [0.15, 0.2) is 42.5 Å². The average Bonchev–Trinajstić information content (AvgIpc) is 3.03. The van der Waals surface area contributed by atoms with E-state index in [-0.39, 0.29) is 12.4 Å². The number of methoxy groups -OCH3 is 1. The van der Waals surface area contributed by atoms with Crippen molar-refractivity contribution in [2.75, 3.05) is 30.8 Å². The van der Waals surface area contributed by atoms with Crippen molar-refractivity contribution in [3.05, 3.63) is 42.5 Å². The molecule has 0 aliphatic carbocycles. The number of rotatable bonds is 9. The number of hydrogen-bond acceptors (Lipinski definition) is 7. The first kappa shape index (κ1) is 19.2. The van der Waals surface area contributed by atoms with Crippen molar-refractivity contribution >= 4 is 36.7 Å². The summed E-state index contributed by atoms with van der Waals surface area (Å²) in [6.45, 7) is 2.50. The highest BCUT2D eigenvalue weighted by Gasteiger charge is 2.14. The predicted octanol–water partition coefficient (Wildman–Crippen LogP) is 3.52. The van der Waals surface area contributed by atoms with Crippen LogP contribution in [0.1, 0.15) is 6.92 Å². The van der Waals surface area contributed by atoms with Crippen LogP contribution >= 0.6 is 11.3 Å². The van der Waals surface area contributed by atoms with E-state index in [9.17, 15) is 8.42 Å². The lowest BCUT2D eigenvalue weighted by Crippen LogP contribution is -2.21. The van der Waals surface area contributed by atoms with E-state index in [2.05, 4.69) is 9.71 Å². The predicted molar refractivity (Wildman–Crippen MR) is 107 cm³/mol. The minimum Gasteiger partial charge on any atom is -0.497 e. The van der Waals surface area contributed by atoms with Crippen LogP contribution in [0, 0.1) is 0 Å². The molecular formula is C18H20N2O5S2. The second-order valence-electron chi connectivity index (χ2n) is 5.53. The molecule has 1 aromatic heterocycles. The minimum absolute atomic E-state index is 0.0288. The number of anilines is 1. The first-order chi connectivity index (χ1) is 13.0. The Morgan fingerprint density at radius 1 is 1.04 bits per heavy atom. The van der Waals surface area contributed by atoms with Crippen LogP contribution in [0.3, 0.4) is 0 Å². The summed E-state index contributed by atoms with van der Waals surface area (Å²) in [5, 5.41) is 0.322. The van der Waals surface area contributed by atoms with Gasteiger partial charge in [0.2, 0.25) is 10.0 Å². The van der Waals surface area contributed by atoms with Crippen LogP contribution in [0.4, 0.5) is 5.13 Å². The molecule has 0 aliphatic rings. The molecule has 0 spiro atoms. The molecule has 0 radical (unpaired) electrons. The Morgan fingerprint density at radius 3 is 2.44 bits per heavy atom. The van der Waals surface area contributed by atoms with Gasteiger partial charge in [0.25, 0.3) is 0 Å². The van der Waals surface area contributed by atoms with Gasteiger partial charge in [0.1, 0.15) is 29.6 Å². The number of sulfonamides is 1. The molecule has 2 aromatic carbocycles. The first-order valence-electron chi connectivity index (χ1n) is 8.30. The molecule has 0 saturated heterocycles. The van der Waals surface area contributed by atoms with Gasteiger partial charge in [-0.05, 0) is 49.4 Å². The van der Waals surface area contributed by atoms with Crippen molar-refractivity contribution in [2.24, 2.45) is 0 Å². The molecule has 3 aromatic rings. The van der Waals surface area contributed by atoms with E-state index in [1.807, 2.05) is 19.1 Å². The zero-order chi connectivity index (χ0) is 19.3. The van der Waals surface area contributed by atoms with Crippen molar-refractivity contribution in [2.45, 2.75) is 6.92 Å². The molecule has 0 atom stereocenters. The second-order valence-corrected chi connectivity index (χ2v) is 8.40. The summed E-state index contributed by atoms with van der Waals surface area (Å²) in [6, 6.07) is 12.4. The first-order valence-corrected chi connectivity index (χ1v) is 10.8. The summed E-state index contributed by atoms with van der Waals surface area (Å²) < 4.78 is 43.9. The van der Waals surface area contributed by atoms with E-state index >= 15 is 0 Å². The summed E-state index contributed by atoms with van der Waals surface area (Å²) in [6.07, 6.45) is 0. The van der Waals surface area contributed by atoms with Crippen LogP contribution in [0.2, 0.25) is 0 Å². The Hall–Kier alpha value is -2.52. The van der Waals surface area contributed by atoms with Crippen molar-refractivity contribution in [3.8, 4) is 17.2 Å². The third-order valence-electron chi connectivity index (χ3n) is 3.59. The minimum atomic E-state index is -3.57.